The number of hydrogen-bond donors (Lipinski definition) is 1. The molecular weight excluding hydrogens is 592 g/mol. The molecule has 43 heavy (non-hydrogen) atoms. The van der Waals surface area contributed by atoms with Gasteiger partial charge in [-0.2, -0.15) is 0 Å². The van der Waals surface area contributed by atoms with Crippen molar-refractivity contribution < 1.29 is 24.0 Å². The van der Waals surface area contributed by atoms with Crippen LogP contribution in [0, 0.1) is 23.0 Å². The third kappa shape index (κ3) is 5.00. The Morgan fingerprint density at radius 1 is 1.02 bits per heavy atom. The number of fused-ring (bicyclic) bond motifs is 2. The van der Waals surface area contributed by atoms with E-state index in [1.165, 1.54) is 35.9 Å². The number of nitro benzene ring substituents is 1. The van der Waals surface area contributed by atoms with Crippen molar-refractivity contribution >= 4 is 57.9 Å². The number of para-hydroxylation sites is 1. The van der Waals surface area contributed by atoms with E-state index in [1.54, 1.807) is 30.3 Å². The maximum atomic E-state index is 14.0. The number of benzene rings is 3. The number of thiazole rings is 1. The number of methoxy groups -OCH3 is 1. The number of aromatic nitrogens is 1. The van der Waals surface area contributed by atoms with Gasteiger partial charge in [-0.1, -0.05) is 53.4 Å². The van der Waals surface area contributed by atoms with Gasteiger partial charge < -0.3 is 10.1 Å². The first-order valence-corrected chi connectivity index (χ1v) is 14.9. The molecule has 3 heterocycles. The molecule has 2 aliphatic rings. The molecule has 0 saturated carbocycles. The van der Waals surface area contributed by atoms with Gasteiger partial charge in [-0.15, -0.1) is 0 Å². The number of aryl methyl sites for hydroxylation is 1. The molecule has 1 aromatic heterocycles. The lowest BCUT2D eigenvalue weighted by atomic mass is 9.82. The Balaban J connectivity index is 1.42. The van der Waals surface area contributed by atoms with Crippen molar-refractivity contribution in [3.8, 4) is 5.75 Å². The predicted octanol–water partition coefficient (Wildman–Crippen LogP) is 4.57. The highest BCUT2D eigenvalue weighted by molar-refractivity contribution is 8.00. The van der Waals surface area contributed by atoms with Crippen LogP contribution in [0.3, 0.4) is 0 Å². The molecule has 218 valence electrons. The van der Waals surface area contributed by atoms with Crippen LogP contribution in [0.25, 0.3) is 0 Å². The lowest BCUT2D eigenvalue weighted by Gasteiger charge is -2.31. The number of rotatable bonds is 7. The first-order chi connectivity index (χ1) is 20.7. The van der Waals surface area contributed by atoms with E-state index in [4.69, 9.17) is 4.74 Å². The molecule has 1 N–H and O–H groups in total. The molecule has 3 amide bonds. The second-order valence-corrected chi connectivity index (χ2v) is 12.2. The van der Waals surface area contributed by atoms with E-state index in [0.717, 1.165) is 33.6 Å². The van der Waals surface area contributed by atoms with Crippen LogP contribution < -0.4 is 19.8 Å². The molecule has 6 rings (SSSR count). The van der Waals surface area contributed by atoms with E-state index in [2.05, 4.69) is 5.32 Å². The summed E-state index contributed by atoms with van der Waals surface area (Å²) in [5.41, 5.74) is 2.23. The third-order valence-corrected chi connectivity index (χ3v) is 10.0. The lowest BCUT2D eigenvalue weighted by molar-refractivity contribution is -0.384. The van der Waals surface area contributed by atoms with E-state index in [9.17, 15) is 29.3 Å². The van der Waals surface area contributed by atoms with E-state index < -0.39 is 39.7 Å². The van der Waals surface area contributed by atoms with E-state index in [-0.39, 0.29) is 22.8 Å². The second-order valence-electron chi connectivity index (χ2n) is 10.1. The molecule has 2 aliphatic heterocycles. The van der Waals surface area contributed by atoms with E-state index in [1.807, 2.05) is 25.1 Å². The van der Waals surface area contributed by atoms with Crippen molar-refractivity contribution in [3.05, 3.63) is 109 Å². The Morgan fingerprint density at radius 2 is 1.77 bits per heavy atom. The average Bonchev–Trinajstić information content (AvgIpc) is 3.43. The van der Waals surface area contributed by atoms with Gasteiger partial charge in [-0.3, -0.25) is 33.9 Å². The fraction of sp³-hybridized carbons (Fsp3) is 0.200. The molecule has 4 aromatic rings. The fourth-order valence-corrected chi connectivity index (χ4v) is 8.32. The van der Waals surface area contributed by atoms with Crippen molar-refractivity contribution in [1.29, 1.82) is 0 Å². The molecule has 0 spiro atoms. The van der Waals surface area contributed by atoms with Crippen molar-refractivity contribution in [3.63, 3.8) is 0 Å². The highest BCUT2D eigenvalue weighted by Gasteiger charge is 2.57. The molecular formula is C30H24N4O7S2. The largest absolute Gasteiger partial charge is 0.496 e. The van der Waals surface area contributed by atoms with Crippen LogP contribution in [-0.2, 0) is 20.9 Å². The Labute approximate surface area is 253 Å². The van der Waals surface area contributed by atoms with Gasteiger partial charge in [0.25, 0.3) is 5.69 Å². The zero-order valence-corrected chi connectivity index (χ0v) is 24.5. The number of thioether (sulfide) groups is 1. The van der Waals surface area contributed by atoms with Gasteiger partial charge in [0.15, 0.2) is 0 Å². The smallest absolute Gasteiger partial charge is 0.308 e. The van der Waals surface area contributed by atoms with Crippen LogP contribution in [0.1, 0.15) is 21.9 Å². The normalized spacial score (nSPS) is 19.1. The maximum absolute atomic E-state index is 14.0. The molecule has 0 radical (unpaired) electrons. The third-order valence-electron chi connectivity index (χ3n) is 7.45. The zero-order valence-electron chi connectivity index (χ0n) is 22.9. The summed E-state index contributed by atoms with van der Waals surface area (Å²) in [4.78, 5) is 66.2. The average molecular weight is 617 g/mol. The van der Waals surface area contributed by atoms with Crippen LogP contribution in [-0.4, -0.2) is 39.6 Å². The predicted molar refractivity (Wildman–Crippen MR) is 162 cm³/mol. The summed E-state index contributed by atoms with van der Waals surface area (Å²) < 4.78 is 6.97. The van der Waals surface area contributed by atoms with E-state index >= 15 is 0 Å². The zero-order chi connectivity index (χ0) is 30.4. The Bertz CT molecular complexity index is 1850. The maximum Gasteiger partial charge on any atom is 0.308 e. The molecule has 13 heteroatoms. The van der Waals surface area contributed by atoms with Crippen LogP contribution in [0.4, 0.5) is 17.1 Å². The van der Waals surface area contributed by atoms with Crippen LogP contribution >= 0.6 is 23.1 Å². The molecule has 2 unspecified atom stereocenters. The van der Waals surface area contributed by atoms with Gasteiger partial charge in [0, 0.05) is 34.2 Å². The number of anilines is 2. The minimum absolute atomic E-state index is 0.170. The molecule has 3 aromatic carbocycles. The topological polar surface area (TPSA) is 141 Å². The number of carbonyl (C=O) groups is 3. The number of nitro groups is 1. The summed E-state index contributed by atoms with van der Waals surface area (Å²) in [6.45, 7) is 1.62. The SMILES string of the molecule is COc1ccccc1[C@H]1c2sc(=O)n(CC(=O)Nc3cccc(C)c3)c2SC2C(=O)N(c3ccc([N+](=O)[O-])cc3)C(=O)C21. The minimum Gasteiger partial charge on any atom is -0.496 e. The Hall–Kier alpha value is -4.75. The van der Waals surface area contributed by atoms with Gasteiger partial charge >= 0.3 is 4.87 Å². The summed E-state index contributed by atoms with van der Waals surface area (Å²) in [6, 6.07) is 19.6. The summed E-state index contributed by atoms with van der Waals surface area (Å²) in [5, 5.41) is 13.5. The van der Waals surface area contributed by atoms with Gasteiger partial charge in [0.05, 0.1) is 28.7 Å². The number of nitrogens with one attached hydrogen (secondary N) is 1. The molecule has 11 nitrogen and oxygen atoms in total. The monoisotopic (exact) mass is 616 g/mol. The number of nitrogens with zero attached hydrogens (tertiary/aromatic N) is 3. The Kier molecular flexibility index (Phi) is 7.36. The summed E-state index contributed by atoms with van der Waals surface area (Å²) in [5.74, 6) is -2.51. The molecule has 3 atom stereocenters. The van der Waals surface area contributed by atoms with E-state index in [0.29, 0.717) is 26.9 Å². The first-order valence-electron chi connectivity index (χ1n) is 13.2. The number of hydrogen-bond acceptors (Lipinski definition) is 9. The number of carbonyl (C=O) groups excluding carboxylic acids is 3. The van der Waals surface area contributed by atoms with Crippen molar-refractivity contribution in [2.75, 3.05) is 17.3 Å². The molecule has 0 bridgehead atoms. The highest BCUT2D eigenvalue weighted by Crippen LogP contribution is 2.55. The van der Waals surface area contributed by atoms with Crippen LogP contribution in [0.2, 0.25) is 0 Å². The van der Waals surface area contributed by atoms with Crippen molar-refractivity contribution in [2.24, 2.45) is 5.92 Å². The first kappa shape index (κ1) is 28.4. The number of imide groups is 1. The minimum atomic E-state index is -0.912. The van der Waals surface area contributed by atoms with Gasteiger partial charge in [-0.05, 0) is 42.8 Å². The molecule has 1 saturated heterocycles. The lowest BCUT2D eigenvalue weighted by Crippen LogP contribution is -2.33. The van der Waals surface area contributed by atoms with Crippen molar-refractivity contribution in [1.82, 2.24) is 4.57 Å². The molecule has 0 aliphatic carbocycles. The summed E-state index contributed by atoms with van der Waals surface area (Å²) in [6.07, 6.45) is 0. The number of ether oxygens (including phenoxy) is 1. The highest BCUT2D eigenvalue weighted by atomic mass is 32.2. The number of amides is 3. The van der Waals surface area contributed by atoms with Gasteiger partial charge in [-0.25, -0.2) is 4.90 Å². The quantitative estimate of drug-likeness (QED) is 0.181. The fourth-order valence-electron chi connectivity index (χ4n) is 5.56. The second kappa shape index (κ2) is 11.2. The van der Waals surface area contributed by atoms with Crippen molar-refractivity contribution in [2.45, 2.75) is 29.7 Å². The van der Waals surface area contributed by atoms with Gasteiger partial charge in [0.1, 0.15) is 17.5 Å². The standard InChI is InChI=1S/C30H24N4O7S2/c1-16-6-5-7-17(14-16)31-22(35)15-32-29-26(43-30(32)38)23(20-8-3-4-9-21(20)41-2)24-25(42-29)28(37)33(27(24)36)18-10-12-19(13-11-18)34(39)40/h3-14,23-25H,15H2,1-2H3,(H,31,35)/t23-,24?,25?/m1/s1. The summed E-state index contributed by atoms with van der Waals surface area (Å²) in [7, 11) is 1.50. The Morgan fingerprint density at radius 3 is 2.47 bits per heavy atom. The van der Waals surface area contributed by atoms with Crippen LogP contribution in [0.15, 0.2) is 82.6 Å². The summed E-state index contributed by atoms with van der Waals surface area (Å²) >= 11 is 2.03. The van der Waals surface area contributed by atoms with Gasteiger partial charge in [0.2, 0.25) is 17.7 Å². The molecule has 1 fully saturated rings. The van der Waals surface area contributed by atoms with Crippen LogP contribution in [0.5, 0.6) is 5.75 Å². The number of non-ortho nitro benzene ring substituents is 1.